The first-order valence-corrected chi connectivity index (χ1v) is 10.5. The van der Waals surface area contributed by atoms with Crippen molar-refractivity contribution in [2.45, 2.75) is 39.3 Å². The fourth-order valence-corrected chi connectivity index (χ4v) is 3.82. The van der Waals surface area contributed by atoms with Crippen LogP contribution in [0.4, 0.5) is 0 Å². The molecule has 2 aromatic carbocycles. The van der Waals surface area contributed by atoms with Gasteiger partial charge >= 0.3 is 0 Å². The van der Waals surface area contributed by atoms with Gasteiger partial charge in [-0.05, 0) is 43.0 Å². The maximum atomic E-state index is 13.2. The maximum absolute atomic E-state index is 13.2. The molecule has 1 fully saturated rings. The first-order chi connectivity index (χ1) is 14.5. The Kier molecular flexibility index (Phi) is 5.95. The van der Waals surface area contributed by atoms with Crippen LogP contribution in [0.3, 0.4) is 0 Å². The number of amides is 1. The van der Waals surface area contributed by atoms with Crippen molar-refractivity contribution in [2.24, 2.45) is 5.92 Å². The summed E-state index contributed by atoms with van der Waals surface area (Å²) < 4.78 is 7.34. The van der Waals surface area contributed by atoms with Gasteiger partial charge in [0, 0.05) is 30.8 Å². The summed E-state index contributed by atoms with van der Waals surface area (Å²) in [4.78, 5) is 30.2. The highest BCUT2D eigenvalue weighted by Crippen LogP contribution is 2.19. The Morgan fingerprint density at radius 3 is 2.67 bits per heavy atom. The molecule has 3 aromatic rings. The number of rotatable bonds is 6. The third-order valence-electron chi connectivity index (χ3n) is 5.34. The summed E-state index contributed by atoms with van der Waals surface area (Å²) >= 11 is 0. The van der Waals surface area contributed by atoms with Crippen LogP contribution in [-0.4, -0.2) is 34.7 Å². The van der Waals surface area contributed by atoms with Crippen LogP contribution in [0.2, 0.25) is 0 Å². The zero-order valence-electron chi connectivity index (χ0n) is 17.4. The Morgan fingerprint density at radius 2 is 1.97 bits per heavy atom. The monoisotopic (exact) mass is 405 g/mol. The van der Waals surface area contributed by atoms with Gasteiger partial charge in [-0.1, -0.05) is 38.1 Å². The average Bonchev–Trinajstić information content (AvgIpc) is 3.27. The lowest BCUT2D eigenvalue weighted by Crippen LogP contribution is -2.31. The van der Waals surface area contributed by atoms with Gasteiger partial charge in [0.2, 0.25) is 0 Å². The predicted molar refractivity (Wildman–Crippen MR) is 118 cm³/mol. The summed E-state index contributed by atoms with van der Waals surface area (Å²) in [6.45, 7) is 6.09. The molecule has 1 aliphatic heterocycles. The highest BCUT2D eigenvalue weighted by molar-refractivity contribution is 5.94. The van der Waals surface area contributed by atoms with Crippen molar-refractivity contribution in [3.05, 3.63) is 64.4 Å². The fourth-order valence-electron chi connectivity index (χ4n) is 3.82. The molecule has 6 heteroatoms. The topological polar surface area (TPSA) is 73.2 Å². The third-order valence-corrected chi connectivity index (χ3v) is 5.34. The Balaban J connectivity index is 1.61. The smallest absolute Gasteiger partial charge is 0.277 e. The standard InChI is InChI=1S/C24H27N3O3/c1-16(2)15-27-21-8-4-3-7-20(21)26-22(24(27)29)17-9-11-18(12-10-17)23(28)25-14-19-6-5-13-30-19/h3-4,7-12,16,19H,5-6,13-15H2,1-2H3,(H,25,28). The van der Waals surface area contributed by atoms with Crippen LogP contribution in [0.5, 0.6) is 0 Å². The van der Waals surface area contributed by atoms with Crippen LogP contribution in [0, 0.1) is 5.92 Å². The molecule has 0 spiro atoms. The minimum atomic E-state index is -0.138. The van der Waals surface area contributed by atoms with E-state index >= 15 is 0 Å². The number of para-hydroxylation sites is 2. The van der Waals surface area contributed by atoms with Gasteiger partial charge in [-0.25, -0.2) is 4.98 Å². The molecule has 1 atom stereocenters. The molecule has 156 valence electrons. The maximum Gasteiger partial charge on any atom is 0.277 e. The minimum absolute atomic E-state index is 0.106. The second kappa shape index (κ2) is 8.79. The molecule has 4 rings (SSSR count). The Hall–Kier alpha value is -2.99. The van der Waals surface area contributed by atoms with Crippen molar-refractivity contribution in [3.8, 4) is 11.3 Å². The van der Waals surface area contributed by atoms with Gasteiger partial charge in [0.15, 0.2) is 0 Å². The summed E-state index contributed by atoms with van der Waals surface area (Å²) in [5.74, 6) is 0.192. The van der Waals surface area contributed by atoms with Crippen molar-refractivity contribution >= 4 is 16.9 Å². The molecule has 1 saturated heterocycles. The van der Waals surface area contributed by atoms with Crippen molar-refractivity contribution in [1.82, 2.24) is 14.9 Å². The third kappa shape index (κ3) is 4.28. The summed E-state index contributed by atoms with van der Waals surface area (Å²) in [7, 11) is 0. The number of ether oxygens (including phenoxy) is 1. The van der Waals surface area contributed by atoms with Crippen LogP contribution in [0.25, 0.3) is 22.3 Å². The number of nitrogens with zero attached hydrogens (tertiary/aromatic N) is 2. The van der Waals surface area contributed by atoms with E-state index in [-0.39, 0.29) is 17.6 Å². The van der Waals surface area contributed by atoms with E-state index in [1.807, 2.05) is 24.3 Å². The highest BCUT2D eigenvalue weighted by Gasteiger charge is 2.17. The van der Waals surface area contributed by atoms with Gasteiger partial charge in [-0.15, -0.1) is 0 Å². The van der Waals surface area contributed by atoms with E-state index in [0.29, 0.717) is 35.8 Å². The van der Waals surface area contributed by atoms with E-state index in [4.69, 9.17) is 4.74 Å². The van der Waals surface area contributed by atoms with Crippen LogP contribution >= 0.6 is 0 Å². The van der Waals surface area contributed by atoms with Crippen LogP contribution in [0.1, 0.15) is 37.0 Å². The van der Waals surface area contributed by atoms with Crippen molar-refractivity contribution < 1.29 is 9.53 Å². The molecule has 1 amide bonds. The van der Waals surface area contributed by atoms with E-state index in [0.717, 1.165) is 30.5 Å². The van der Waals surface area contributed by atoms with Crippen LogP contribution < -0.4 is 10.9 Å². The molecule has 6 nitrogen and oxygen atoms in total. The first kappa shape index (κ1) is 20.3. The number of fused-ring (bicyclic) bond motifs is 1. The largest absolute Gasteiger partial charge is 0.376 e. The molecule has 1 unspecified atom stereocenters. The van der Waals surface area contributed by atoms with Crippen LogP contribution in [-0.2, 0) is 11.3 Å². The SMILES string of the molecule is CC(C)Cn1c(=O)c(-c2ccc(C(=O)NCC3CCCO3)cc2)nc2ccccc21. The molecule has 2 heterocycles. The molecule has 1 aromatic heterocycles. The van der Waals surface area contributed by atoms with Gasteiger partial charge < -0.3 is 14.6 Å². The molecule has 1 aliphatic rings. The summed E-state index contributed by atoms with van der Waals surface area (Å²) in [5, 5.41) is 2.92. The number of hydrogen-bond donors (Lipinski definition) is 1. The molecule has 30 heavy (non-hydrogen) atoms. The summed E-state index contributed by atoms with van der Waals surface area (Å²) in [6.07, 6.45) is 2.13. The second-order valence-corrected chi connectivity index (χ2v) is 8.18. The summed E-state index contributed by atoms with van der Waals surface area (Å²) in [6, 6.07) is 14.7. The van der Waals surface area contributed by atoms with Crippen molar-refractivity contribution in [1.29, 1.82) is 0 Å². The zero-order chi connectivity index (χ0) is 21.1. The molecule has 0 aliphatic carbocycles. The van der Waals surface area contributed by atoms with Gasteiger partial charge in [-0.2, -0.15) is 0 Å². The number of carbonyl (C=O) groups excluding carboxylic acids is 1. The van der Waals surface area contributed by atoms with Gasteiger partial charge in [0.1, 0.15) is 5.69 Å². The Labute approximate surface area is 175 Å². The highest BCUT2D eigenvalue weighted by atomic mass is 16.5. The molecule has 0 bridgehead atoms. The van der Waals surface area contributed by atoms with Crippen LogP contribution in [0.15, 0.2) is 53.3 Å². The van der Waals surface area contributed by atoms with Gasteiger partial charge in [-0.3, -0.25) is 9.59 Å². The predicted octanol–water partition coefficient (Wildman–Crippen LogP) is 3.63. The lowest BCUT2D eigenvalue weighted by Gasteiger charge is -2.14. The Morgan fingerprint density at radius 1 is 1.20 bits per heavy atom. The lowest BCUT2D eigenvalue weighted by atomic mass is 10.1. The van der Waals surface area contributed by atoms with Gasteiger partial charge in [0.05, 0.1) is 17.1 Å². The van der Waals surface area contributed by atoms with E-state index < -0.39 is 0 Å². The molecule has 1 N–H and O–H groups in total. The van der Waals surface area contributed by atoms with E-state index in [1.54, 1.807) is 28.8 Å². The first-order valence-electron chi connectivity index (χ1n) is 10.5. The zero-order valence-corrected chi connectivity index (χ0v) is 17.4. The molecule has 0 radical (unpaired) electrons. The van der Waals surface area contributed by atoms with Crippen molar-refractivity contribution in [2.75, 3.05) is 13.2 Å². The average molecular weight is 405 g/mol. The number of benzene rings is 2. The van der Waals surface area contributed by atoms with E-state index in [2.05, 4.69) is 24.1 Å². The molecular weight excluding hydrogens is 378 g/mol. The number of aromatic nitrogens is 2. The minimum Gasteiger partial charge on any atom is -0.376 e. The van der Waals surface area contributed by atoms with E-state index in [9.17, 15) is 9.59 Å². The quantitative estimate of drug-likeness (QED) is 0.680. The molecule has 0 saturated carbocycles. The molecular formula is C24H27N3O3. The second-order valence-electron chi connectivity index (χ2n) is 8.18. The lowest BCUT2D eigenvalue weighted by molar-refractivity contribution is 0.0858. The number of hydrogen-bond acceptors (Lipinski definition) is 4. The normalized spacial score (nSPS) is 16.3. The van der Waals surface area contributed by atoms with Gasteiger partial charge in [0.25, 0.3) is 11.5 Å². The fraction of sp³-hybridized carbons (Fsp3) is 0.375. The number of carbonyl (C=O) groups is 1. The Bertz CT molecular complexity index is 1100. The summed E-state index contributed by atoms with van der Waals surface area (Å²) in [5.41, 5.74) is 3.17. The van der Waals surface area contributed by atoms with E-state index in [1.165, 1.54) is 0 Å². The van der Waals surface area contributed by atoms with Crippen molar-refractivity contribution in [3.63, 3.8) is 0 Å². The number of nitrogens with one attached hydrogen (secondary N) is 1.